The van der Waals surface area contributed by atoms with Crippen molar-refractivity contribution in [3.05, 3.63) is 9.65 Å². The van der Waals surface area contributed by atoms with Crippen LogP contribution in [0, 0.1) is 0 Å². The molecule has 1 aliphatic heterocycles. The van der Waals surface area contributed by atoms with E-state index in [2.05, 4.69) is 16.4 Å². The topological polar surface area (TPSA) is 36.1 Å². The molecular weight excluding hydrogens is 212 g/mol. The average molecular weight is 215 g/mol. The summed E-state index contributed by atoms with van der Waals surface area (Å²) in [6, 6.07) is 0. The monoisotopic (exact) mass is 215 g/mol. The standard InChI is InChI=1S/C2H3FIN3/c3-1-2(4)6-7-5-1/h5-7H. The molecule has 5 heteroatoms. The van der Waals surface area contributed by atoms with Gasteiger partial charge < -0.3 is 0 Å². The van der Waals surface area contributed by atoms with Crippen LogP contribution in [0.1, 0.15) is 0 Å². The molecule has 1 rings (SSSR count). The van der Waals surface area contributed by atoms with E-state index in [0.29, 0.717) is 3.70 Å². The highest BCUT2D eigenvalue weighted by atomic mass is 127. The van der Waals surface area contributed by atoms with Gasteiger partial charge in [0, 0.05) is 0 Å². The quantitative estimate of drug-likeness (QED) is 0.397. The Morgan fingerprint density at radius 1 is 1.43 bits per heavy atom. The molecular formula is C2H3FIN3. The zero-order valence-electron chi connectivity index (χ0n) is 3.26. The van der Waals surface area contributed by atoms with Gasteiger partial charge in [-0.2, -0.15) is 4.39 Å². The summed E-state index contributed by atoms with van der Waals surface area (Å²) >= 11 is 1.83. The summed E-state index contributed by atoms with van der Waals surface area (Å²) in [5.74, 6) is -0.361. The van der Waals surface area contributed by atoms with E-state index in [-0.39, 0.29) is 5.95 Å². The number of hydrogen-bond donors (Lipinski definition) is 3. The fourth-order valence-corrected chi connectivity index (χ4v) is 0.520. The molecule has 0 unspecified atom stereocenters. The van der Waals surface area contributed by atoms with Crippen molar-refractivity contribution >= 4 is 22.6 Å². The lowest BCUT2D eigenvalue weighted by Gasteiger charge is -1.89. The van der Waals surface area contributed by atoms with Crippen LogP contribution in [0.4, 0.5) is 4.39 Å². The number of hydrazine groups is 2. The van der Waals surface area contributed by atoms with E-state index < -0.39 is 0 Å². The Bertz CT molecular complexity index is 99.5. The van der Waals surface area contributed by atoms with Crippen molar-refractivity contribution in [2.75, 3.05) is 0 Å². The van der Waals surface area contributed by atoms with Crippen molar-refractivity contribution in [2.45, 2.75) is 0 Å². The minimum Gasteiger partial charge on any atom is -0.294 e. The Labute approximate surface area is 53.4 Å². The molecule has 0 radical (unpaired) electrons. The Kier molecular flexibility index (Phi) is 1.33. The van der Waals surface area contributed by atoms with Crippen molar-refractivity contribution in [1.82, 2.24) is 16.4 Å². The van der Waals surface area contributed by atoms with Crippen molar-refractivity contribution in [3.63, 3.8) is 0 Å². The lowest BCUT2D eigenvalue weighted by atomic mass is 10.9. The molecule has 0 bridgehead atoms. The predicted octanol–water partition coefficient (Wildman–Crippen LogP) is 0.130. The van der Waals surface area contributed by atoms with Crippen molar-refractivity contribution in [3.8, 4) is 0 Å². The lowest BCUT2D eigenvalue weighted by Crippen LogP contribution is -2.31. The lowest BCUT2D eigenvalue weighted by molar-refractivity contribution is 0.503. The summed E-state index contributed by atoms with van der Waals surface area (Å²) in [5.41, 5.74) is 7.08. The van der Waals surface area contributed by atoms with Gasteiger partial charge in [0.2, 0.25) is 5.95 Å². The van der Waals surface area contributed by atoms with Gasteiger partial charge in [0.15, 0.2) is 0 Å². The maximum absolute atomic E-state index is 12.0. The molecule has 40 valence electrons. The molecule has 0 saturated heterocycles. The molecule has 0 fully saturated rings. The molecule has 0 aliphatic carbocycles. The van der Waals surface area contributed by atoms with Crippen LogP contribution in [0.15, 0.2) is 9.65 Å². The van der Waals surface area contributed by atoms with E-state index in [0.717, 1.165) is 0 Å². The highest BCUT2D eigenvalue weighted by Gasteiger charge is 2.06. The van der Waals surface area contributed by atoms with Crippen LogP contribution in [0.5, 0.6) is 0 Å². The van der Waals surface area contributed by atoms with Crippen LogP contribution in [0.25, 0.3) is 0 Å². The van der Waals surface area contributed by atoms with Crippen LogP contribution in [0.3, 0.4) is 0 Å². The van der Waals surface area contributed by atoms with Gasteiger partial charge in [-0.05, 0) is 22.6 Å². The summed E-state index contributed by atoms with van der Waals surface area (Å²) < 4.78 is 12.4. The molecule has 0 saturated carbocycles. The molecule has 0 spiro atoms. The Morgan fingerprint density at radius 3 is 2.29 bits per heavy atom. The normalized spacial score (nSPS) is 19.1. The molecule has 0 aromatic rings. The first-order valence-electron chi connectivity index (χ1n) is 1.63. The van der Waals surface area contributed by atoms with Crippen LogP contribution in [-0.2, 0) is 0 Å². The average Bonchev–Trinajstić information content (AvgIpc) is 1.91. The third kappa shape index (κ3) is 0.942. The Morgan fingerprint density at radius 2 is 2.14 bits per heavy atom. The molecule has 0 aromatic carbocycles. The van der Waals surface area contributed by atoms with Crippen molar-refractivity contribution in [2.24, 2.45) is 0 Å². The molecule has 1 aliphatic rings. The molecule has 0 atom stereocenters. The van der Waals surface area contributed by atoms with E-state index >= 15 is 0 Å². The molecule has 3 nitrogen and oxygen atoms in total. The van der Waals surface area contributed by atoms with Gasteiger partial charge in [-0.3, -0.25) is 10.9 Å². The first-order valence-corrected chi connectivity index (χ1v) is 2.71. The van der Waals surface area contributed by atoms with Gasteiger partial charge in [-0.15, -0.1) is 5.53 Å². The number of hydrogen-bond acceptors (Lipinski definition) is 3. The van der Waals surface area contributed by atoms with Crippen molar-refractivity contribution < 1.29 is 4.39 Å². The smallest absolute Gasteiger partial charge is 0.233 e. The first kappa shape index (κ1) is 5.10. The van der Waals surface area contributed by atoms with Gasteiger partial charge >= 0.3 is 0 Å². The molecule has 7 heavy (non-hydrogen) atoms. The number of halogens is 2. The second-order valence-corrected chi connectivity index (χ2v) is 2.08. The minimum absolute atomic E-state index is 0.361. The maximum atomic E-state index is 12.0. The molecule has 0 aromatic heterocycles. The maximum Gasteiger partial charge on any atom is 0.233 e. The molecule has 3 N–H and O–H groups in total. The largest absolute Gasteiger partial charge is 0.294 e. The highest BCUT2D eigenvalue weighted by molar-refractivity contribution is 14.1. The van der Waals surface area contributed by atoms with E-state index in [1.54, 1.807) is 0 Å². The predicted molar refractivity (Wildman–Crippen MR) is 31.6 cm³/mol. The van der Waals surface area contributed by atoms with E-state index in [1.165, 1.54) is 0 Å². The van der Waals surface area contributed by atoms with Gasteiger partial charge in [-0.25, -0.2) is 0 Å². The van der Waals surface area contributed by atoms with Crippen molar-refractivity contribution in [1.29, 1.82) is 0 Å². The molecule has 0 amide bonds. The minimum atomic E-state index is -0.361. The van der Waals surface area contributed by atoms with Crippen LogP contribution >= 0.6 is 22.6 Å². The number of nitrogens with one attached hydrogen (secondary N) is 3. The Balaban J connectivity index is 2.64. The summed E-state index contributed by atoms with van der Waals surface area (Å²) in [7, 11) is 0. The zero-order valence-corrected chi connectivity index (χ0v) is 5.41. The van der Waals surface area contributed by atoms with Crippen LogP contribution in [0.2, 0.25) is 0 Å². The summed E-state index contributed by atoms with van der Waals surface area (Å²) in [6.45, 7) is 0. The first-order chi connectivity index (χ1) is 3.30. The van der Waals surface area contributed by atoms with E-state index in [9.17, 15) is 4.39 Å². The SMILES string of the molecule is FC1=C(I)NNN1. The Hall–Kier alpha value is -0.0400. The number of rotatable bonds is 0. The fourth-order valence-electron chi connectivity index (χ4n) is 0.251. The van der Waals surface area contributed by atoms with E-state index in [1.807, 2.05) is 22.6 Å². The van der Waals surface area contributed by atoms with Crippen LogP contribution in [-0.4, -0.2) is 0 Å². The fraction of sp³-hybridized carbons (Fsp3) is 0. The highest BCUT2D eigenvalue weighted by Crippen LogP contribution is 2.08. The van der Waals surface area contributed by atoms with E-state index in [4.69, 9.17) is 0 Å². The third-order valence-corrected chi connectivity index (χ3v) is 1.28. The van der Waals surface area contributed by atoms with Gasteiger partial charge in [0.1, 0.15) is 3.70 Å². The summed E-state index contributed by atoms with van der Waals surface area (Å²) in [4.78, 5) is 0. The summed E-state index contributed by atoms with van der Waals surface area (Å²) in [5, 5.41) is 0. The van der Waals surface area contributed by atoms with Gasteiger partial charge in [-0.1, -0.05) is 0 Å². The second-order valence-electron chi connectivity index (χ2n) is 1.00. The van der Waals surface area contributed by atoms with Gasteiger partial charge in [0.25, 0.3) is 0 Å². The molecule has 1 heterocycles. The summed E-state index contributed by atoms with van der Waals surface area (Å²) in [6.07, 6.45) is 0. The zero-order chi connectivity index (χ0) is 5.28. The second kappa shape index (κ2) is 1.83. The van der Waals surface area contributed by atoms with Crippen LogP contribution < -0.4 is 16.4 Å². The third-order valence-electron chi connectivity index (χ3n) is 0.537. The van der Waals surface area contributed by atoms with Gasteiger partial charge in [0.05, 0.1) is 0 Å².